The van der Waals surface area contributed by atoms with E-state index in [0.29, 0.717) is 4.90 Å². The van der Waals surface area contributed by atoms with E-state index in [4.69, 9.17) is 4.78 Å². The van der Waals surface area contributed by atoms with Crippen LogP contribution in [0, 0.1) is 4.78 Å². The van der Waals surface area contributed by atoms with Crippen molar-refractivity contribution in [1.82, 2.24) is 0 Å². The van der Waals surface area contributed by atoms with Gasteiger partial charge < -0.3 is 0 Å². The highest BCUT2D eigenvalue weighted by Gasteiger charge is 2.21. The summed E-state index contributed by atoms with van der Waals surface area (Å²) in [5.74, 6) is 0. The van der Waals surface area contributed by atoms with E-state index in [1.807, 2.05) is 12.1 Å². The predicted molar refractivity (Wildman–Crippen MR) is 78.9 cm³/mol. The Morgan fingerprint density at radius 2 is 1.22 bits per heavy atom. The van der Waals surface area contributed by atoms with Crippen molar-refractivity contribution in [3.63, 3.8) is 0 Å². The molecule has 1 atom stereocenters. The maximum atomic E-state index is 12.0. The average Bonchev–Trinajstić information content (AvgIpc) is 2.13. The first-order valence-corrected chi connectivity index (χ1v) is 8.18. The molecule has 0 aliphatic carbocycles. The summed E-state index contributed by atoms with van der Waals surface area (Å²) >= 11 is 0. The Morgan fingerprint density at radius 1 is 0.889 bits per heavy atom. The first-order valence-electron chi connectivity index (χ1n) is 6.22. The second kappa shape index (κ2) is 4.37. The van der Waals surface area contributed by atoms with E-state index in [-0.39, 0.29) is 10.8 Å². The topological polar surface area (TPSA) is 40.9 Å². The van der Waals surface area contributed by atoms with Crippen molar-refractivity contribution in [1.29, 1.82) is 4.78 Å². The van der Waals surface area contributed by atoms with Gasteiger partial charge in [0.1, 0.15) is 0 Å². The molecule has 102 valence electrons. The fourth-order valence-electron chi connectivity index (χ4n) is 1.69. The van der Waals surface area contributed by atoms with Crippen LogP contribution in [0.4, 0.5) is 0 Å². The van der Waals surface area contributed by atoms with Crippen molar-refractivity contribution in [2.45, 2.75) is 57.3 Å². The Kier molecular flexibility index (Phi) is 3.70. The molecule has 1 unspecified atom stereocenters. The van der Waals surface area contributed by atoms with Gasteiger partial charge in [-0.1, -0.05) is 47.6 Å². The maximum absolute atomic E-state index is 12.0. The molecule has 18 heavy (non-hydrogen) atoms. The smallest absolute Gasteiger partial charge is 0.0697 e. The van der Waals surface area contributed by atoms with E-state index in [0.717, 1.165) is 11.1 Å². The molecule has 3 heteroatoms. The van der Waals surface area contributed by atoms with E-state index in [9.17, 15) is 4.21 Å². The summed E-state index contributed by atoms with van der Waals surface area (Å²) in [6.07, 6.45) is 1.49. The summed E-state index contributed by atoms with van der Waals surface area (Å²) in [6.45, 7) is 12.8. The summed E-state index contributed by atoms with van der Waals surface area (Å²) in [5.41, 5.74) is 2.29. The molecule has 1 rings (SSSR count). The van der Waals surface area contributed by atoms with Gasteiger partial charge in [0.2, 0.25) is 0 Å². The molecule has 1 N–H and O–H groups in total. The minimum atomic E-state index is -2.67. The van der Waals surface area contributed by atoms with Crippen LogP contribution in [0.25, 0.3) is 0 Å². The Balaban J connectivity index is 3.60. The minimum absolute atomic E-state index is 0.000694. The summed E-state index contributed by atoms with van der Waals surface area (Å²) in [5, 5.41) is 0. The normalized spacial score (nSPS) is 16.4. The zero-order valence-corrected chi connectivity index (χ0v) is 13.4. The van der Waals surface area contributed by atoms with Crippen molar-refractivity contribution in [3.8, 4) is 0 Å². The van der Waals surface area contributed by atoms with Crippen molar-refractivity contribution in [2.75, 3.05) is 6.26 Å². The molecule has 0 aliphatic heterocycles. The molecule has 0 amide bonds. The van der Waals surface area contributed by atoms with Crippen LogP contribution in [0.3, 0.4) is 0 Å². The Hall–Kier alpha value is -0.830. The highest BCUT2D eigenvalue weighted by Crippen LogP contribution is 2.31. The average molecular weight is 267 g/mol. The third-order valence-electron chi connectivity index (χ3n) is 3.09. The predicted octanol–water partition coefficient (Wildman–Crippen LogP) is 4.32. The lowest BCUT2D eigenvalue weighted by atomic mass is 9.81. The van der Waals surface area contributed by atoms with Crippen LogP contribution in [-0.2, 0) is 20.6 Å². The minimum Gasteiger partial charge on any atom is -0.249 e. The Morgan fingerprint density at radius 3 is 1.44 bits per heavy atom. The molecule has 1 aromatic carbocycles. The maximum Gasteiger partial charge on any atom is 0.0697 e. The lowest BCUT2D eigenvalue weighted by Gasteiger charge is -2.26. The van der Waals surface area contributed by atoms with Gasteiger partial charge in [-0.05, 0) is 34.1 Å². The van der Waals surface area contributed by atoms with Crippen LogP contribution in [0.2, 0.25) is 0 Å². The molecular formula is C15H25NOS. The van der Waals surface area contributed by atoms with Gasteiger partial charge in [0.05, 0.1) is 9.73 Å². The van der Waals surface area contributed by atoms with Crippen molar-refractivity contribution >= 4 is 9.73 Å². The van der Waals surface area contributed by atoms with Gasteiger partial charge in [0.15, 0.2) is 0 Å². The Bertz CT molecular complexity index is 511. The number of rotatable bonds is 1. The number of benzene rings is 1. The molecule has 0 spiro atoms. The highest BCUT2D eigenvalue weighted by atomic mass is 32.2. The van der Waals surface area contributed by atoms with Gasteiger partial charge in [0.25, 0.3) is 0 Å². The molecule has 0 bridgehead atoms. The molecule has 0 saturated carbocycles. The second-order valence-electron chi connectivity index (χ2n) is 7.09. The van der Waals surface area contributed by atoms with Crippen LogP contribution >= 0.6 is 0 Å². The van der Waals surface area contributed by atoms with Crippen LogP contribution in [-0.4, -0.2) is 10.5 Å². The van der Waals surface area contributed by atoms with Crippen molar-refractivity contribution in [2.24, 2.45) is 0 Å². The zero-order chi connectivity index (χ0) is 14.4. The first kappa shape index (κ1) is 15.2. The zero-order valence-electron chi connectivity index (χ0n) is 12.5. The quantitative estimate of drug-likeness (QED) is 0.809. The monoisotopic (exact) mass is 267 g/mol. The molecule has 0 aromatic heterocycles. The van der Waals surface area contributed by atoms with Crippen LogP contribution in [0.1, 0.15) is 52.7 Å². The summed E-state index contributed by atoms with van der Waals surface area (Å²) in [4.78, 5) is 0.639. The van der Waals surface area contributed by atoms with Crippen LogP contribution in [0.5, 0.6) is 0 Å². The standard InChI is InChI=1S/C15H25NOS/c1-14(2,3)11-8-12(15(4,5)6)10-13(9-11)18(7,16)17/h8-10,16H,1-7H3. The van der Waals surface area contributed by atoms with E-state index in [1.165, 1.54) is 6.26 Å². The number of hydrogen-bond donors (Lipinski definition) is 1. The molecular weight excluding hydrogens is 242 g/mol. The van der Waals surface area contributed by atoms with Gasteiger partial charge in [-0.2, -0.15) is 0 Å². The van der Waals surface area contributed by atoms with Gasteiger partial charge in [-0.15, -0.1) is 0 Å². The molecule has 0 radical (unpaired) electrons. The van der Waals surface area contributed by atoms with Gasteiger partial charge in [-0.3, -0.25) is 0 Å². The SMILES string of the molecule is CC(C)(C)c1cc(C(C)(C)C)cc(S(C)(=N)=O)c1. The lowest BCUT2D eigenvalue weighted by Crippen LogP contribution is -2.17. The Labute approximate surface area is 112 Å². The van der Waals surface area contributed by atoms with Gasteiger partial charge in [-0.25, -0.2) is 8.99 Å². The van der Waals surface area contributed by atoms with E-state index < -0.39 is 9.73 Å². The van der Waals surface area contributed by atoms with Crippen LogP contribution in [0.15, 0.2) is 23.1 Å². The third kappa shape index (κ3) is 3.58. The fourth-order valence-corrected chi connectivity index (χ4v) is 2.39. The molecule has 0 fully saturated rings. The van der Waals surface area contributed by atoms with E-state index in [1.54, 1.807) is 0 Å². The largest absolute Gasteiger partial charge is 0.249 e. The van der Waals surface area contributed by atoms with Crippen molar-refractivity contribution < 1.29 is 4.21 Å². The van der Waals surface area contributed by atoms with Crippen molar-refractivity contribution in [3.05, 3.63) is 29.3 Å². The van der Waals surface area contributed by atoms with Gasteiger partial charge >= 0.3 is 0 Å². The fraction of sp³-hybridized carbons (Fsp3) is 0.600. The first-order chi connectivity index (χ1) is 7.82. The number of nitrogens with one attached hydrogen (secondary N) is 1. The summed E-state index contributed by atoms with van der Waals surface area (Å²) in [6, 6.07) is 6.02. The molecule has 1 aromatic rings. The third-order valence-corrected chi connectivity index (χ3v) is 4.22. The van der Waals surface area contributed by atoms with E-state index in [2.05, 4.69) is 47.6 Å². The van der Waals surface area contributed by atoms with Crippen LogP contribution < -0.4 is 0 Å². The molecule has 0 heterocycles. The summed E-state index contributed by atoms with van der Waals surface area (Å²) in [7, 11) is -2.67. The molecule has 2 nitrogen and oxygen atoms in total. The molecule has 0 aliphatic rings. The highest BCUT2D eigenvalue weighted by molar-refractivity contribution is 7.91. The molecule has 0 saturated heterocycles. The van der Waals surface area contributed by atoms with Gasteiger partial charge in [0, 0.05) is 11.2 Å². The summed E-state index contributed by atoms with van der Waals surface area (Å²) < 4.78 is 19.8. The number of hydrogen-bond acceptors (Lipinski definition) is 2. The lowest BCUT2D eigenvalue weighted by molar-refractivity contribution is 0.565. The second-order valence-corrected chi connectivity index (χ2v) is 9.25. The van der Waals surface area contributed by atoms with E-state index >= 15 is 0 Å².